The molecule has 1 atom stereocenters. The number of aliphatic imine (C=N–C) groups is 1. The molecule has 0 saturated carbocycles. The molecule has 1 saturated heterocycles. The molecule has 1 aromatic carbocycles. The molecule has 0 spiro atoms. The van der Waals surface area contributed by atoms with Crippen LogP contribution in [0, 0.1) is 17.5 Å². The van der Waals surface area contributed by atoms with Crippen molar-refractivity contribution in [1.82, 2.24) is 20.5 Å². The molecule has 2 aromatic rings. The number of piperazine rings is 1. The first kappa shape index (κ1) is 23.7. The first-order valence-electron chi connectivity index (χ1n) is 10.2. The Bertz CT molecular complexity index is 1220. The van der Waals surface area contributed by atoms with Crippen LogP contribution in [0.15, 0.2) is 46.7 Å². The molecule has 8 nitrogen and oxygen atoms in total. The number of carbonyl (C=O) groups is 2. The summed E-state index contributed by atoms with van der Waals surface area (Å²) in [6, 6.07) is 3.11. The van der Waals surface area contributed by atoms with Gasteiger partial charge in [0.25, 0.3) is 0 Å². The molecule has 0 radical (unpaired) electrons. The fraction of sp³-hybridized carbons (Fsp3) is 0.273. The van der Waals surface area contributed by atoms with Crippen molar-refractivity contribution in [2.24, 2.45) is 4.99 Å². The Morgan fingerprint density at radius 1 is 1.26 bits per heavy atom. The van der Waals surface area contributed by atoms with Crippen LogP contribution in [0.5, 0.6) is 0 Å². The van der Waals surface area contributed by atoms with Gasteiger partial charge in [0, 0.05) is 42.0 Å². The Labute approximate surface area is 197 Å². The first-order chi connectivity index (χ1) is 16.3. The van der Waals surface area contributed by atoms with Crippen LogP contribution in [0.1, 0.15) is 17.3 Å². The maximum Gasteiger partial charge on any atom is 0.338 e. The summed E-state index contributed by atoms with van der Waals surface area (Å²) in [7, 11) is 1.19. The van der Waals surface area contributed by atoms with E-state index < -0.39 is 29.5 Å². The maximum absolute atomic E-state index is 14.6. The second-order valence-corrected chi connectivity index (χ2v) is 8.01. The van der Waals surface area contributed by atoms with Gasteiger partial charge >= 0.3 is 5.97 Å². The summed E-state index contributed by atoms with van der Waals surface area (Å²) in [5, 5.41) is 5.60. The minimum absolute atomic E-state index is 0.0133. The van der Waals surface area contributed by atoms with E-state index >= 15 is 0 Å². The van der Waals surface area contributed by atoms with Crippen LogP contribution in [0.4, 0.5) is 13.2 Å². The number of amidine groups is 1. The minimum atomic E-state index is -1.11. The smallest absolute Gasteiger partial charge is 0.338 e. The number of ether oxygens (including phenoxy) is 1. The van der Waals surface area contributed by atoms with Crippen LogP contribution < -0.4 is 10.6 Å². The number of benzene rings is 1. The molecule has 0 aliphatic carbocycles. The van der Waals surface area contributed by atoms with Gasteiger partial charge in [0.2, 0.25) is 5.91 Å². The van der Waals surface area contributed by atoms with Crippen molar-refractivity contribution in [1.29, 1.82) is 0 Å². The standard InChI is InChI=1S/C22H19ClF3N5O3/c1-34-22(33)18-16(9-31-5-4-27-17(32)10-31)29-21(20-15(26)7-12(25)8-28-20)30-19(18)13-3-2-11(24)6-14(13)23/h2-3,6-8,19H,4-5,9-10H2,1H3,(H,27,32)(H,29,30). The number of methoxy groups -OCH3 is 1. The van der Waals surface area contributed by atoms with E-state index in [9.17, 15) is 22.8 Å². The Morgan fingerprint density at radius 3 is 2.74 bits per heavy atom. The molecule has 12 heteroatoms. The quantitative estimate of drug-likeness (QED) is 0.619. The molecule has 4 rings (SSSR count). The number of carbonyl (C=O) groups excluding carboxylic acids is 2. The molecular weight excluding hydrogens is 475 g/mol. The van der Waals surface area contributed by atoms with E-state index in [0.29, 0.717) is 19.2 Å². The number of hydrogen-bond donors (Lipinski definition) is 2. The average Bonchev–Trinajstić information content (AvgIpc) is 2.78. The fourth-order valence-electron chi connectivity index (χ4n) is 3.78. The van der Waals surface area contributed by atoms with Crippen LogP contribution in [-0.4, -0.2) is 60.9 Å². The molecule has 2 aliphatic heterocycles. The van der Waals surface area contributed by atoms with Gasteiger partial charge in [0.15, 0.2) is 11.7 Å². The van der Waals surface area contributed by atoms with E-state index in [4.69, 9.17) is 16.3 Å². The topological polar surface area (TPSA) is 95.9 Å². The lowest BCUT2D eigenvalue weighted by Gasteiger charge is -2.32. The van der Waals surface area contributed by atoms with E-state index in [1.165, 1.54) is 13.2 Å². The van der Waals surface area contributed by atoms with Crippen molar-refractivity contribution >= 4 is 29.3 Å². The van der Waals surface area contributed by atoms with E-state index in [1.54, 1.807) is 4.90 Å². The largest absolute Gasteiger partial charge is 0.466 e. The van der Waals surface area contributed by atoms with Crippen LogP contribution in [-0.2, 0) is 14.3 Å². The van der Waals surface area contributed by atoms with Gasteiger partial charge in [-0.25, -0.2) is 22.9 Å². The molecule has 2 N–H and O–H groups in total. The lowest BCUT2D eigenvalue weighted by Crippen LogP contribution is -2.50. The lowest BCUT2D eigenvalue weighted by atomic mass is 9.94. The van der Waals surface area contributed by atoms with Crippen LogP contribution in [0.2, 0.25) is 5.02 Å². The normalized spacial score (nSPS) is 18.8. The number of rotatable bonds is 5. The summed E-state index contributed by atoms with van der Waals surface area (Å²) in [6.45, 7) is 1.04. The third kappa shape index (κ3) is 4.90. The van der Waals surface area contributed by atoms with Crippen molar-refractivity contribution in [3.05, 3.63) is 75.5 Å². The number of esters is 1. The number of halogens is 4. The molecule has 0 bridgehead atoms. The van der Waals surface area contributed by atoms with Gasteiger partial charge in [-0.05, 0) is 12.1 Å². The molecule has 1 aromatic heterocycles. The molecule has 1 fully saturated rings. The predicted molar refractivity (Wildman–Crippen MR) is 116 cm³/mol. The number of amides is 1. The molecule has 34 heavy (non-hydrogen) atoms. The molecule has 2 aliphatic rings. The molecule has 178 valence electrons. The lowest BCUT2D eigenvalue weighted by molar-refractivity contribution is -0.136. The third-order valence-corrected chi connectivity index (χ3v) is 5.65. The van der Waals surface area contributed by atoms with Gasteiger partial charge in [0.05, 0.1) is 25.4 Å². The van der Waals surface area contributed by atoms with E-state index in [-0.39, 0.29) is 52.4 Å². The van der Waals surface area contributed by atoms with Gasteiger partial charge in [-0.15, -0.1) is 0 Å². The molecular formula is C22H19ClF3N5O3. The maximum atomic E-state index is 14.6. The SMILES string of the molecule is COC(=O)C1=C(CN2CCNC(=O)C2)NC(c2ncc(F)cc2F)=NC1c1ccc(F)cc1Cl. The van der Waals surface area contributed by atoms with Gasteiger partial charge in [-0.2, -0.15) is 0 Å². The van der Waals surface area contributed by atoms with Gasteiger partial charge in [-0.3, -0.25) is 14.7 Å². The van der Waals surface area contributed by atoms with Crippen LogP contribution >= 0.6 is 11.6 Å². The zero-order valence-electron chi connectivity index (χ0n) is 17.9. The summed E-state index contributed by atoms with van der Waals surface area (Å²) >= 11 is 6.27. The zero-order chi connectivity index (χ0) is 24.4. The summed E-state index contributed by atoms with van der Waals surface area (Å²) in [5.74, 6) is -3.48. The van der Waals surface area contributed by atoms with Gasteiger partial charge in [-0.1, -0.05) is 17.7 Å². The Morgan fingerprint density at radius 2 is 2.06 bits per heavy atom. The summed E-state index contributed by atoms with van der Waals surface area (Å²) < 4.78 is 46.7. The van der Waals surface area contributed by atoms with E-state index in [1.807, 2.05) is 0 Å². The highest BCUT2D eigenvalue weighted by atomic mass is 35.5. The average molecular weight is 494 g/mol. The van der Waals surface area contributed by atoms with E-state index in [0.717, 1.165) is 18.3 Å². The fourth-order valence-corrected chi connectivity index (χ4v) is 4.05. The van der Waals surface area contributed by atoms with Gasteiger partial charge < -0.3 is 15.4 Å². The zero-order valence-corrected chi connectivity index (χ0v) is 18.6. The predicted octanol–water partition coefficient (Wildman–Crippen LogP) is 2.10. The number of nitrogens with one attached hydrogen (secondary N) is 2. The van der Waals surface area contributed by atoms with Crippen molar-refractivity contribution in [2.45, 2.75) is 6.04 Å². The highest BCUT2D eigenvalue weighted by molar-refractivity contribution is 6.31. The Kier molecular flexibility index (Phi) is 6.85. The van der Waals surface area contributed by atoms with E-state index in [2.05, 4.69) is 20.6 Å². The Balaban J connectivity index is 1.86. The van der Waals surface area contributed by atoms with Crippen molar-refractivity contribution in [3.8, 4) is 0 Å². The number of nitrogens with zero attached hydrogens (tertiary/aromatic N) is 3. The van der Waals surface area contributed by atoms with Crippen molar-refractivity contribution in [3.63, 3.8) is 0 Å². The highest BCUT2D eigenvalue weighted by Gasteiger charge is 2.35. The van der Waals surface area contributed by atoms with Gasteiger partial charge in [0.1, 0.15) is 23.4 Å². The van der Waals surface area contributed by atoms with Crippen molar-refractivity contribution in [2.75, 3.05) is 33.3 Å². The highest BCUT2D eigenvalue weighted by Crippen LogP contribution is 2.36. The third-order valence-electron chi connectivity index (χ3n) is 5.32. The Hall–Kier alpha value is -3.44. The molecule has 3 heterocycles. The molecule has 1 amide bonds. The second-order valence-electron chi connectivity index (χ2n) is 7.60. The number of aromatic nitrogens is 1. The molecule has 1 unspecified atom stereocenters. The van der Waals surface area contributed by atoms with Crippen LogP contribution in [0.25, 0.3) is 0 Å². The van der Waals surface area contributed by atoms with Crippen LogP contribution in [0.3, 0.4) is 0 Å². The second kappa shape index (κ2) is 9.82. The van der Waals surface area contributed by atoms with Crippen molar-refractivity contribution < 1.29 is 27.5 Å². The summed E-state index contributed by atoms with van der Waals surface area (Å²) in [6.07, 6.45) is 0.830. The number of pyridine rings is 1. The monoisotopic (exact) mass is 493 g/mol. The first-order valence-corrected chi connectivity index (χ1v) is 10.6. The summed E-state index contributed by atoms with van der Waals surface area (Å²) in [5.41, 5.74) is 0.289. The summed E-state index contributed by atoms with van der Waals surface area (Å²) in [4.78, 5) is 34.7. The number of hydrogen-bond acceptors (Lipinski definition) is 7. The minimum Gasteiger partial charge on any atom is -0.466 e.